The van der Waals surface area contributed by atoms with Crippen LogP contribution in [0.1, 0.15) is 32.6 Å². The minimum atomic E-state index is -0.0324. The molecule has 0 aromatic carbocycles. The van der Waals surface area contributed by atoms with E-state index in [-0.39, 0.29) is 11.9 Å². The molecule has 16 heavy (non-hydrogen) atoms. The molecule has 2 saturated carbocycles. The Morgan fingerprint density at radius 2 is 1.75 bits per heavy atom. The number of carbonyl (C=O) groups is 1. The van der Waals surface area contributed by atoms with Crippen LogP contribution in [-0.2, 0) is 4.79 Å². The molecule has 0 aliphatic heterocycles. The van der Waals surface area contributed by atoms with E-state index in [2.05, 4.69) is 5.32 Å². The Bertz CT molecular complexity index is 245. The summed E-state index contributed by atoms with van der Waals surface area (Å²) in [7, 11) is 3.64. The van der Waals surface area contributed by atoms with Crippen molar-refractivity contribution >= 4 is 5.91 Å². The van der Waals surface area contributed by atoms with E-state index in [1.807, 2.05) is 21.0 Å². The number of nitrogens with one attached hydrogen (secondary N) is 1. The van der Waals surface area contributed by atoms with Crippen LogP contribution in [0.3, 0.4) is 0 Å². The van der Waals surface area contributed by atoms with Gasteiger partial charge in [0, 0.05) is 14.1 Å². The number of carbonyl (C=O) groups excluding carboxylic acids is 1. The van der Waals surface area contributed by atoms with Crippen LogP contribution < -0.4 is 5.32 Å². The number of likely N-dealkylation sites (N-methyl/N-ethyl adjacent to an activating group) is 1. The zero-order chi connectivity index (χ0) is 11.7. The summed E-state index contributed by atoms with van der Waals surface area (Å²) in [6.45, 7) is 3.01. The van der Waals surface area contributed by atoms with Crippen LogP contribution in [0.2, 0.25) is 0 Å². The van der Waals surface area contributed by atoms with Gasteiger partial charge in [0.1, 0.15) is 0 Å². The second-order valence-electron chi connectivity index (χ2n) is 5.70. The number of nitrogens with zero attached hydrogens (tertiary/aromatic N) is 1. The Balaban J connectivity index is 1.74. The van der Waals surface area contributed by atoms with Gasteiger partial charge in [-0.2, -0.15) is 0 Å². The van der Waals surface area contributed by atoms with E-state index in [1.165, 1.54) is 25.7 Å². The molecule has 3 heteroatoms. The summed E-state index contributed by atoms with van der Waals surface area (Å²) in [6.07, 6.45) is 5.66. The molecule has 0 bridgehead atoms. The third kappa shape index (κ3) is 2.97. The van der Waals surface area contributed by atoms with Crippen LogP contribution in [-0.4, -0.2) is 37.5 Å². The smallest absolute Gasteiger partial charge is 0.238 e. The van der Waals surface area contributed by atoms with Crippen molar-refractivity contribution in [3.63, 3.8) is 0 Å². The molecule has 92 valence electrons. The van der Waals surface area contributed by atoms with Gasteiger partial charge in [0.05, 0.1) is 6.04 Å². The fourth-order valence-electron chi connectivity index (χ4n) is 2.55. The SMILES string of the molecule is CC(NCC(C1CC1)C1CC1)C(=O)N(C)C. The van der Waals surface area contributed by atoms with Crippen molar-refractivity contribution in [1.29, 1.82) is 0 Å². The van der Waals surface area contributed by atoms with Gasteiger partial charge in [0.25, 0.3) is 0 Å². The van der Waals surface area contributed by atoms with Crippen LogP contribution in [0.5, 0.6) is 0 Å². The van der Waals surface area contributed by atoms with Gasteiger partial charge in [0.15, 0.2) is 0 Å². The van der Waals surface area contributed by atoms with E-state index in [0.717, 1.165) is 24.3 Å². The molecule has 2 fully saturated rings. The normalized spacial score (nSPS) is 22.2. The van der Waals surface area contributed by atoms with E-state index in [0.29, 0.717) is 0 Å². The molecule has 1 N–H and O–H groups in total. The van der Waals surface area contributed by atoms with Crippen LogP contribution in [0.4, 0.5) is 0 Å². The summed E-state index contributed by atoms with van der Waals surface area (Å²) in [4.78, 5) is 13.4. The first kappa shape index (κ1) is 11.9. The number of amides is 1. The Kier molecular flexibility index (Phi) is 3.53. The van der Waals surface area contributed by atoms with Crippen molar-refractivity contribution in [2.24, 2.45) is 17.8 Å². The molecular weight excluding hydrogens is 200 g/mol. The zero-order valence-electron chi connectivity index (χ0n) is 10.7. The summed E-state index contributed by atoms with van der Waals surface area (Å²) < 4.78 is 0. The fourth-order valence-corrected chi connectivity index (χ4v) is 2.55. The first-order valence-electron chi connectivity index (χ1n) is 6.54. The molecule has 1 atom stereocenters. The van der Waals surface area contributed by atoms with Gasteiger partial charge < -0.3 is 10.2 Å². The van der Waals surface area contributed by atoms with Crippen molar-refractivity contribution < 1.29 is 4.79 Å². The minimum absolute atomic E-state index is 0.0324. The molecule has 2 aliphatic rings. The Hall–Kier alpha value is -0.570. The first-order valence-corrected chi connectivity index (χ1v) is 6.54. The second-order valence-corrected chi connectivity index (χ2v) is 5.70. The zero-order valence-corrected chi connectivity index (χ0v) is 10.7. The summed E-state index contributed by atoms with van der Waals surface area (Å²) in [6, 6.07) is -0.0324. The quantitative estimate of drug-likeness (QED) is 0.741. The van der Waals surface area contributed by atoms with Gasteiger partial charge in [-0.15, -0.1) is 0 Å². The minimum Gasteiger partial charge on any atom is -0.347 e. The second kappa shape index (κ2) is 4.74. The predicted molar refractivity (Wildman–Crippen MR) is 65.1 cm³/mol. The molecule has 2 rings (SSSR count). The van der Waals surface area contributed by atoms with Crippen LogP contribution in [0.15, 0.2) is 0 Å². The molecule has 0 aromatic heterocycles. The standard InChI is InChI=1S/C13H24N2O/c1-9(13(16)15(2)3)14-8-12(10-4-5-10)11-6-7-11/h9-12,14H,4-8H2,1-3H3. The lowest BCUT2D eigenvalue weighted by Crippen LogP contribution is -2.43. The van der Waals surface area contributed by atoms with Gasteiger partial charge >= 0.3 is 0 Å². The highest BCUT2D eigenvalue weighted by Crippen LogP contribution is 2.48. The van der Waals surface area contributed by atoms with Gasteiger partial charge in [-0.1, -0.05) is 0 Å². The van der Waals surface area contributed by atoms with Crippen LogP contribution >= 0.6 is 0 Å². The highest BCUT2D eigenvalue weighted by atomic mass is 16.2. The summed E-state index contributed by atoms with van der Waals surface area (Å²) in [5.41, 5.74) is 0. The molecule has 0 radical (unpaired) electrons. The molecular formula is C13H24N2O. The van der Waals surface area contributed by atoms with Gasteiger partial charge in [-0.25, -0.2) is 0 Å². The largest absolute Gasteiger partial charge is 0.347 e. The fraction of sp³-hybridized carbons (Fsp3) is 0.923. The van der Waals surface area contributed by atoms with Crippen LogP contribution in [0.25, 0.3) is 0 Å². The molecule has 2 aliphatic carbocycles. The third-order valence-electron chi connectivity index (χ3n) is 3.93. The molecule has 3 nitrogen and oxygen atoms in total. The van der Waals surface area contributed by atoms with Crippen LogP contribution in [0, 0.1) is 17.8 Å². The number of hydrogen-bond donors (Lipinski definition) is 1. The number of rotatable bonds is 6. The monoisotopic (exact) mass is 224 g/mol. The van der Waals surface area contributed by atoms with E-state index in [4.69, 9.17) is 0 Å². The Morgan fingerprint density at radius 1 is 1.25 bits per heavy atom. The summed E-state index contributed by atoms with van der Waals surface area (Å²) in [5, 5.41) is 3.42. The third-order valence-corrected chi connectivity index (χ3v) is 3.93. The molecule has 1 unspecified atom stereocenters. The molecule has 1 amide bonds. The Morgan fingerprint density at radius 3 is 2.12 bits per heavy atom. The van der Waals surface area contributed by atoms with Crippen molar-refractivity contribution in [3.8, 4) is 0 Å². The lowest BCUT2D eigenvalue weighted by molar-refractivity contribution is -0.130. The lowest BCUT2D eigenvalue weighted by atomic mass is 9.97. The number of hydrogen-bond acceptors (Lipinski definition) is 2. The van der Waals surface area contributed by atoms with Crippen molar-refractivity contribution in [2.75, 3.05) is 20.6 Å². The predicted octanol–water partition coefficient (Wildman–Crippen LogP) is 1.49. The average molecular weight is 224 g/mol. The molecule has 0 heterocycles. The average Bonchev–Trinajstić information content (AvgIpc) is 3.09. The maximum absolute atomic E-state index is 11.7. The van der Waals surface area contributed by atoms with Gasteiger partial charge in [-0.3, -0.25) is 4.79 Å². The topological polar surface area (TPSA) is 32.3 Å². The molecule has 0 saturated heterocycles. The van der Waals surface area contributed by atoms with Crippen molar-refractivity contribution in [3.05, 3.63) is 0 Å². The van der Waals surface area contributed by atoms with Crippen molar-refractivity contribution in [1.82, 2.24) is 10.2 Å². The van der Waals surface area contributed by atoms with E-state index in [9.17, 15) is 4.79 Å². The van der Waals surface area contributed by atoms with E-state index >= 15 is 0 Å². The van der Waals surface area contributed by atoms with Gasteiger partial charge in [0.2, 0.25) is 5.91 Å². The molecule has 0 aromatic rings. The maximum atomic E-state index is 11.7. The lowest BCUT2D eigenvalue weighted by Gasteiger charge is -2.22. The highest BCUT2D eigenvalue weighted by Gasteiger charge is 2.41. The highest BCUT2D eigenvalue weighted by molar-refractivity contribution is 5.80. The molecule has 0 spiro atoms. The Labute approximate surface area is 98.6 Å². The van der Waals surface area contributed by atoms with Gasteiger partial charge in [-0.05, 0) is 56.9 Å². The van der Waals surface area contributed by atoms with Crippen molar-refractivity contribution in [2.45, 2.75) is 38.6 Å². The first-order chi connectivity index (χ1) is 7.59. The van der Waals surface area contributed by atoms with E-state index < -0.39 is 0 Å². The maximum Gasteiger partial charge on any atom is 0.238 e. The van der Waals surface area contributed by atoms with E-state index in [1.54, 1.807) is 4.90 Å². The summed E-state index contributed by atoms with van der Waals surface area (Å²) in [5.74, 6) is 2.95. The summed E-state index contributed by atoms with van der Waals surface area (Å²) >= 11 is 0.